The van der Waals surface area contributed by atoms with E-state index in [1.807, 2.05) is 6.92 Å². The lowest BCUT2D eigenvalue weighted by Gasteiger charge is -2.25. The van der Waals surface area contributed by atoms with Crippen LogP contribution < -0.4 is 0 Å². The van der Waals surface area contributed by atoms with Crippen molar-refractivity contribution >= 4 is 18.2 Å². The molecule has 0 amide bonds. The fraction of sp³-hybridized carbons (Fsp3) is 1.00. The van der Waals surface area contributed by atoms with Gasteiger partial charge in [-0.2, -0.15) is 8.42 Å². The Morgan fingerprint density at radius 2 is 1.79 bits per heavy atom. The Balaban J connectivity index is 2.39. The molecule has 2 atom stereocenters. The molecule has 0 spiro atoms. The highest BCUT2D eigenvalue weighted by atomic mass is 32.2. The van der Waals surface area contributed by atoms with Crippen molar-refractivity contribution < 1.29 is 12.6 Å². The molecule has 1 aliphatic carbocycles. The molecule has 0 heterocycles. The minimum atomic E-state index is -3.32. The number of rotatable bonds is 9. The standard InChI is InChI=1S/C14H30O3SSi/c1-6-7-8-9-10-11-19(4,5)13-12-14(13,2)17-18(3,15)16/h13H,6-12H2,1-5H3. The van der Waals surface area contributed by atoms with Gasteiger partial charge in [0.25, 0.3) is 10.1 Å². The summed E-state index contributed by atoms with van der Waals surface area (Å²) in [4.78, 5) is 0. The highest BCUT2D eigenvalue weighted by molar-refractivity contribution is 7.86. The second-order valence-corrected chi connectivity index (χ2v) is 13.8. The molecule has 1 aliphatic rings. The van der Waals surface area contributed by atoms with Gasteiger partial charge in [0.15, 0.2) is 0 Å². The molecule has 0 bridgehead atoms. The van der Waals surface area contributed by atoms with E-state index in [9.17, 15) is 8.42 Å². The van der Waals surface area contributed by atoms with E-state index in [-0.39, 0.29) is 0 Å². The molecule has 2 unspecified atom stereocenters. The third kappa shape index (κ3) is 5.56. The summed E-state index contributed by atoms with van der Waals surface area (Å²) in [6, 6.07) is 1.30. The molecule has 0 radical (unpaired) electrons. The first-order valence-electron chi connectivity index (χ1n) is 7.51. The molecule has 0 aromatic rings. The van der Waals surface area contributed by atoms with Gasteiger partial charge in [-0.25, -0.2) is 0 Å². The molecule has 1 saturated carbocycles. The molecule has 3 nitrogen and oxygen atoms in total. The van der Waals surface area contributed by atoms with E-state index >= 15 is 0 Å². The van der Waals surface area contributed by atoms with Crippen LogP contribution in [0.5, 0.6) is 0 Å². The fourth-order valence-electron chi connectivity index (χ4n) is 3.25. The highest BCUT2D eigenvalue weighted by Gasteiger charge is 2.60. The normalized spacial score (nSPS) is 27.5. The van der Waals surface area contributed by atoms with Crippen molar-refractivity contribution in [1.29, 1.82) is 0 Å². The zero-order valence-electron chi connectivity index (χ0n) is 13.2. The van der Waals surface area contributed by atoms with Crippen LogP contribution >= 0.6 is 0 Å². The Morgan fingerprint density at radius 3 is 2.32 bits per heavy atom. The molecule has 0 saturated heterocycles. The van der Waals surface area contributed by atoms with E-state index < -0.39 is 23.8 Å². The molecular weight excluding hydrogens is 276 g/mol. The van der Waals surface area contributed by atoms with Gasteiger partial charge in [-0.15, -0.1) is 0 Å². The second kappa shape index (κ2) is 6.27. The van der Waals surface area contributed by atoms with Gasteiger partial charge >= 0.3 is 0 Å². The van der Waals surface area contributed by atoms with Gasteiger partial charge in [0.1, 0.15) is 0 Å². The molecule has 5 heteroatoms. The van der Waals surface area contributed by atoms with Crippen molar-refractivity contribution in [2.24, 2.45) is 0 Å². The van der Waals surface area contributed by atoms with Crippen molar-refractivity contribution in [2.45, 2.75) is 82.7 Å². The average Bonchev–Trinajstić information content (AvgIpc) is 2.87. The predicted molar refractivity (Wildman–Crippen MR) is 83.7 cm³/mol. The Labute approximate surface area is 120 Å². The molecule has 0 aliphatic heterocycles. The van der Waals surface area contributed by atoms with Gasteiger partial charge < -0.3 is 0 Å². The predicted octanol–water partition coefficient (Wildman–Crippen LogP) is 4.17. The largest absolute Gasteiger partial charge is 0.264 e. The molecule has 19 heavy (non-hydrogen) atoms. The van der Waals surface area contributed by atoms with E-state index in [1.54, 1.807) is 0 Å². The molecule has 0 aromatic carbocycles. The summed E-state index contributed by atoms with van der Waals surface area (Å²) in [5.74, 6) is 0. The highest BCUT2D eigenvalue weighted by Crippen LogP contribution is 2.59. The summed E-state index contributed by atoms with van der Waals surface area (Å²) in [6.45, 7) is 8.96. The molecule has 114 valence electrons. The van der Waals surface area contributed by atoms with Crippen molar-refractivity contribution in [3.05, 3.63) is 0 Å². The van der Waals surface area contributed by atoms with E-state index in [0.29, 0.717) is 5.54 Å². The van der Waals surface area contributed by atoms with Crippen LogP contribution in [0.1, 0.15) is 52.4 Å². The molecule has 1 fully saturated rings. The van der Waals surface area contributed by atoms with Gasteiger partial charge in [-0.05, 0) is 18.9 Å². The van der Waals surface area contributed by atoms with Crippen LogP contribution in [0, 0.1) is 0 Å². The van der Waals surface area contributed by atoms with Gasteiger partial charge in [-0.3, -0.25) is 4.18 Å². The topological polar surface area (TPSA) is 43.4 Å². The van der Waals surface area contributed by atoms with Crippen molar-refractivity contribution in [1.82, 2.24) is 0 Å². The molecular formula is C14H30O3SSi. The number of unbranched alkanes of at least 4 members (excludes halogenated alkanes) is 4. The van der Waals surface area contributed by atoms with Crippen LogP contribution in [0.15, 0.2) is 0 Å². The summed E-state index contributed by atoms with van der Waals surface area (Å²) in [7, 11) is -4.68. The first-order chi connectivity index (χ1) is 8.61. The maximum absolute atomic E-state index is 11.3. The quantitative estimate of drug-likeness (QED) is 0.365. The van der Waals surface area contributed by atoms with E-state index in [0.717, 1.165) is 12.7 Å². The molecule has 1 rings (SSSR count). The summed E-state index contributed by atoms with van der Waals surface area (Å²) in [6.07, 6.45) is 8.65. The van der Waals surface area contributed by atoms with Crippen LogP contribution in [-0.2, 0) is 14.3 Å². The first-order valence-corrected chi connectivity index (χ1v) is 12.6. The van der Waals surface area contributed by atoms with Gasteiger partial charge in [0, 0.05) is 0 Å². The maximum atomic E-state index is 11.3. The van der Waals surface area contributed by atoms with Crippen molar-refractivity contribution in [2.75, 3.05) is 6.26 Å². The lowest BCUT2D eigenvalue weighted by atomic mass is 10.2. The monoisotopic (exact) mass is 306 g/mol. The average molecular weight is 307 g/mol. The summed E-state index contributed by atoms with van der Waals surface area (Å²) in [5.41, 5.74) is 0.105. The number of hydrogen-bond donors (Lipinski definition) is 0. The lowest BCUT2D eigenvalue weighted by molar-refractivity contribution is 0.210. The second-order valence-electron chi connectivity index (χ2n) is 7.01. The Morgan fingerprint density at radius 1 is 1.21 bits per heavy atom. The molecule has 0 aromatic heterocycles. The molecule has 0 N–H and O–H groups in total. The van der Waals surface area contributed by atoms with Crippen LogP contribution in [0.4, 0.5) is 0 Å². The van der Waals surface area contributed by atoms with Crippen LogP contribution in [-0.4, -0.2) is 28.3 Å². The minimum absolute atomic E-state index is 0.396. The van der Waals surface area contributed by atoms with Gasteiger partial charge in [-0.1, -0.05) is 58.2 Å². The first kappa shape index (κ1) is 17.2. The Hall–Kier alpha value is 0.127. The zero-order valence-corrected chi connectivity index (χ0v) is 15.0. The third-order valence-electron chi connectivity index (χ3n) is 4.40. The van der Waals surface area contributed by atoms with Crippen LogP contribution in [0.3, 0.4) is 0 Å². The summed E-state index contributed by atoms with van der Waals surface area (Å²) < 4.78 is 27.9. The smallest absolute Gasteiger partial charge is 0.264 e. The van der Waals surface area contributed by atoms with Gasteiger partial charge in [0.2, 0.25) is 0 Å². The fourth-order valence-corrected chi connectivity index (χ4v) is 8.39. The summed E-state index contributed by atoms with van der Waals surface area (Å²) >= 11 is 0. The van der Waals surface area contributed by atoms with Gasteiger partial charge in [0.05, 0.1) is 19.9 Å². The Kier molecular flexibility index (Phi) is 5.67. The number of hydrogen-bond acceptors (Lipinski definition) is 3. The Bertz CT molecular complexity index is 391. The van der Waals surface area contributed by atoms with Crippen molar-refractivity contribution in [3.8, 4) is 0 Å². The van der Waals surface area contributed by atoms with E-state index in [1.165, 1.54) is 38.1 Å². The minimum Gasteiger partial charge on any atom is -0.264 e. The van der Waals surface area contributed by atoms with Crippen LogP contribution in [0.25, 0.3) is 0 Å². The van der Waals surface area contributed by atoms with E-state index in [4.69, 9.17) is 4.18 Å². The van der Waals surface area contributed by atoms with Crippen molar-refractivity contribution in [3.63, 3.8) is 0 Å². The maximum Gasteiger partial charge on any atom is 0.264 e. The summed E-state index contributed by atoms with van der Waals surface area (Å²) in [5, 5.41) is 0. The van der Waals surface area contributed by atoms with E-state index in [2.05, 4.69) is 20.0 Å². The van der Waals surface area contributed by atoms with Crippen LogP contribution in [0.2, 0.25) is 24.7 Å². The zero-order chi connectivity index (χ0) is 14.7. The third-order valence-corrected chi connectivity index (χ3v) is 9.42. The SMILES string of the molecule is CCCCCCC[Si](C)(C)C1CC1(C)OS(C)(=O)=O. The lowest BCUT2D eigenvalue weighted by Crippen LogP contribution is -2.31.